The highest BCUT2D eigenvalue weighted by atomic mass is 32.2. The molecule has 2 N–H and O–H groups in total. The topological polar surface area (TPSA) is 87.7 Å². The molecule has 1 amide bonds. The Morgan fingerprint density at radius 3 is 2.74 bits per heavy atom. The minimum absolute atomic E-state index is 0.0628. The van der Waals surface area contributed by atoms with Crippen molar-refractivity contribution in [3.8, 4) is 0 Å². The molecule has 0 aliphatic carbocycles. The van der Waals surface area contributed by atoms with Crippen molar-refractivity contribution in [2.75, 3.05) is 44.8 Å². The fourth-order valence-corrected chi connectivity index (χ4v) is 5.19. The lowest BCUT2D eigenvalue weighted by Gasteiger charge is -2.37. The van der Waals surface area contributed by atoms with Crippen molar-refractivity contribution in [2.45, 2.75) is 37.5 Å². The van der Waals surface area contributed by atoms with Gasteiger partial charge in [0, 0.05) is 38.2 Å². The minimum atomic E-state index is -3.66. The van der Waals surface area contributed by atoms with E-state index in [1.165, 1.54) is 6.92 Å². The third-order valence-electron chi connectivity index (χ3n) is 5.62. The Bertz CT molecular complexity index is 783. The van der Waals surface area contributed by atoms with Gasteiger partial charge in [0.1, 0.15) is 0 Å². The molecule has 0 saturated carbocycles. The number of methoxy groups -OCH3 is 1. The van der Waals surface area contributed by atoms with Gasteiger partial charge in [-0.3, -0.25) is 4.79 Å². The minimum Gasteiger partial charge on any atom is -0.384 e. The van der Waals surface area contributed by atoms with Crippen LogP contribution in [0.4, 0.5) is 5.69 Å². The Labute approximate surface area is 161 Å². The maximum atomic E-state index is 12.9. The highest BCUT2D eigenvalue weighted by Gasteiger charge is 2.34. The van der Waals surface area contributed by atoms with Crippen LogP contribution in [0, 0.1) is 5.41 Å². The summed E-state index contributed by atoms with van der Waals surface area (Å²) in [4.78, 5) is 13.8. The lowest BCUT2D eigenvalue weighted by Crippen LogP contribution is -2.47. The van der Waals surface area contributed by atoms with Crippen molar-refractivity contribution in [3.63, 3.8) is 0 Å². The summed E-state index contributed by atoms with van der Waals surface area (Å²) in [7, 11) is -2.01. The number of hydrogen-bond donors (Lipinski definition) is 2. The molecule has 1 aromatic rings. The van der Waals surface area contributed by atoms with Crippen molar-refractivity contribution in [1.29, 1.82) is 0 Å². The number of ether oxygens (including phenoxy) is 1. The Hall–Kier alpha value is -1.48. The van der Waals surface area contributed by atoms with E-state index >= 15 is 0 Å². The lowest BCUT2D eigenvalue weighted by molar-refractivity contribution is -0.116. The van der Waals surface area contributed by atoms with Crippen LogP contribution in [-0.2, 0) is 26.0 Å². The first-order valence-electron chi connectivity index (χ1n) is 9.47. The van der Waals surface area contributed by atoms with Gasteiger partial charge in [-0.05, 0) is 56.5 Å². The molecule has 0 radical (unpaired) electrons. The molecule has 0 unspecified atom stereocenters. The Morgan fingerprint density at radius 1 is 1.33 bits per heavy atom. The van der Waals surface area contributed by atoms with E-state index in [4.69, 9.17) is 4.74 Å². The zero-order valence-electron chi connectivity index (χ0n) is 16.1. The van der Waals surface area contributed by atoms with E-state index in [0.29, 0.717) is 25.4 Å². The molecule has 8 heteroatoms. The highest BCUT2D eigenvalue weighted by molar-refractivity contribution is 7.89. The molecule has 7 nitrogen and oxygen atoms in total. The number of anilines is 1. The number of carbonyl (C=O) groups is 1. The highest BCUT2D eigenvalue weighted by Crippen LogP contribution is 2.31. The van der Waals surface area contributed by atoms with Crippen molar-refractivity contribution in [2.24, 2.45) is 5.41 Å². The number of nitrogens with zero attached hydrogens (tertiary/aromatic N) is 1. The number of carbonyl (C=O) groups excluding carboxylic acids is 1. The quantitative estimate of drug-likeness (QED) is 0.758. The Balaban J connectivity index is 1.80. The molecule has 0 atom stereocenters. The summed E-state index contributed by atoms with van der Waals surface area (Å²) >= 11 is 0. The Kier molecular flexibility index (Phi) is 6.20. The van der Waals surface area contributed by atoms with Gasteiger partial charge < -0.3 is 15.0 Å². The smallest absolute Gasteiger partial charge is 0.240 e. The van der Waals surface area contributed by atoms with Gasteiger partial charge in [-0.1, -0.05) is 6.07 Å². The fraction of sp³-hybridized carbons (Fsp3) is 0.632. The average molecular weight is 396 g/mol. The third-order valence-corrected chi connectivity index (χ3v) is 7.02. The van der Waals surface area contributed by atoms with Gasteiger partial charge in [0.2, 0.25) is 15.9 Å². The van der Waals surface area contributed by atoms with Crippen molar-refractivity contribution >= 4 is 21.6 Å². The van der Waals surface area contributed by atoms with E-state index in [2.05, 4.69) is 10.0 Å². The van der Waals surface area contributed by atoms with Crippen molar-refractivity contribution in [1.82, 2.24) is 10.0 Å². The standard InChI is InChI=1S/C19H29N3O4S/c1-15(23)22-11-3-4-16-5-6-17(12-18(16)22)27(24,25)21-13-19(14-26-2)7-9-20-10-8-19/h5-6,12,20-21H,3-4,7-11,13-14H2,1-2H3. The van der Waals surface area contributed by atoms with Crippen LogP contribution in [0.1, 0.15) is 31.7 Å². The van der Waals surface area contributed by atoms with E-state index in [1.54, 1.807) is 24.1 Å². The number of nitrogens with one attached hydrogen (secondary N) is 2. The zero-order valence-corrected chi connectivity index (χ0v) is 16.9. The van der Waals surface area contributed by atoms with Crippen LogP contribution >= 0.6 is 0 Å². The predicted octanol–water partition coefficient (Wildman–Crippen LogP) is 1.28. The van der Waals surface area contributed by atoms with Crippen molar-refractivity contribution < 1.29 is 17.9 Å². The van der Waals surface area contributed by atoms with Gasteiger partial charge in [0.05, 0.1) is 11.5 Å². The second kappa shape index (κ2) is 8.26. The first-order chi connectivity index (χ1) is 12.9. The summed E-state index contributed by atoms with van der Waals surface area (Å²) in [5, 5.41) is 3.31. The molecule has 1 aromatic carbocycles. The molecular formula is C19H29N3O4S. The predicted molar refractivity (Wildman–Crippen MR) is 104 cm³/mol. The SMILES string of the molecule is COCC1(CNS(=O)(=O)c2ccc3c(c2)N(C(C)=O)CCC3)CCNCC1. The van der Waals surface area contributed by atoms with Crippen LogP contribution in [0.2, 0.25) is 0 Å². The molecular weight excluding hydrogens is 366 g/mol. The number of fused-ring (bicyclic) bond motifs is 1. The van der Waals surface area contributed by atoms with Gasteiger partial charge >= 0.3 is 0 Å². The summed E-state index contributed by atoms with van der Waals surface area (Å²) in [6.45, 7) is 4.73. The molecule has 27 heavy (non-hydrogen) atoms. The fourth-order valence-electron chi connectivity index (χ4n) is 4.02. The first kappa shape index (κ1) is 20.3. The van der Waals surface area contributed by atoms with E-state index in [1.807, 2.05) is 6.07 Å². The molecule has 2 aliphatic heterocycles. The lowest BCUT2D eigenvalue weighted by atomic mass is 9.80. The first-order valence-corrected chi connectivity index (χ1v) is 11.0. The summed E-state index contributed by atoms with van der Waals surface area (Å²) in [5.74, 6) is -0.0628. The van der Waals surface area contributed by atoms with Crippen molar-refractivity contribution in [3.05, 3.63) is 23.8 Å². The monoisotopic (exact) mass is 395 g/mol. The van der Waals surface area contributed by atoms with E-state index in [9.17, 15) is 13.2 Å². The zero-order chi connectivity index (χ0) is 19.5. The number of hydrogen-bond acceptors (Lipinski definition) is 5. The number of amides is 1. The summed E-state index contributed by atoms with van der Waals surface area (Å²) in [6, 6.07) is 5.09. The van der Waals surface area contributed by atoms with Crippen LogP contribution in [0.3, 0.4) is 0 Å². The maximum Gasteiger partial charge on any atom is 0.240 e. The molecule has 0 spiro atoms. The van der Waals surface area contributed by atoms with Crippen LogP contribution < -0.4 is 14.9 Å². The number of sulfonamides is 1. The number of rotatable bonds is 6. The van der Waals surface area contributed by atoms with Gasteiger partial charge in [0.25, 0.3) is 0 Å². The van der Waals surface area contributed by atoms with Gasteiger partial charge in [-0.15, -0.1) is 0 Å². The second-order valence-electron chi connectivity index (χ2n) is 7.57. The molecule has 0 aromatic heterocycles. The summed E-state index contributed by atoms with van der Waals surface area (Å²) in [6.07, 6.45) is 3.48. The second-order valence-corrected chi connectivity index (χ2v) is 9.34. The molecule has 1 saturated heterocycles. The van der Waals surface area contributed by atoms with Gasteiger partial charge in [-0.25, -0.2) is 13.1 Å². The number of piperidine rings is 1. The van der Waals surface area contributed by atoms with Crippen LogP contribution in [-0.4, -0.2) is 54.2 Å². The normalized spacial score (nSPS) is 19.6. The van der Waals surface area contributed by atoms with E-state index < -0.39 is 10.0 Å². The molecule has 3 rings (SSSR count). The van der Waals surface area contributed by atoms with E-state index in [0.717, 1.165) is 44.3 Å². The van der Waals surface area contributed by atoms with Crippen LogP contribution in [0.15, 0.2) is 23.1 Å². The molecule has 0 bridgehead atoms. The molecule has 1 fully saturated rings. The molecule has 2 heterocycles. The van der Waals surface area contributed by atoms with Gasteiger partial charge in [-0.2, -0.15) is 0 Å². The maximum absolute atomic E-state index is 12.9. The average Bonchev–Trinajstić information content (AvgIpc) is 2.66. The summed E-state index contributed by atoms with van der Waals surface area (Å²) < 4.78 is 34.0. The number of benzene rings is 1. The molecule has 2 aliphatic rings. The third kappa shape index (κ3) is 4.51. The molecule has 150 valence electrons. The summed E-state index contributed by atoms with van der Waals surface area (Å²) in [5.41, 5.74) is 1.54. The number of aryl methyl sites for hydroxylation is 1. The van der Waals surface area contributed by atoms with Crippen LogP contribution in [0.5, 0.6) is 0 Å². The van der Waals surface area contributed by atoms with Crippen LogP contribution in [0.25, 0.3) is 0 Å². The van der Waals surface area contributed by atoms with E-state index in [-0.39, 0.29) is 16.2 Å². The largest absolute Gasteiger partial charge is 0.384 e. The van der Waals surface area contributed by atoms with Gasteiger partial charge in [0.15, 0.2) is 0 Å². The Morgan fingerprint density at radius 2 is 2.07 bits per heavy atom.